The molecule has 0 fully saturated rings. The minimum atomic E-state index is -0.129. The molecule has 0 bridgehead atoms. The number of nitrogens with zero attached hydrogens (tertiary/aromatic N) is 3. The Kier molecular flexibility index (Phi) is 8.69. The quantitative estimate of drug-likeness (QED) is 0.278. The monoisotopic (exact) mass is 199 g/mol. The number of azide groups is 1. The first-order valence-corrected chi connectivity index (χ1v) is 4.83. The van der Waals surface area contributed by atoms with Crippen LogP contribution in [0.25, 0.3) is 10.4 Å². The van der Waals surface area contributed by atoms with E-state index in [0.717, 1.165) is 19.3 Å². The molecule has 2 amide bonds. The van der Waals surface area contributed by atoms with Gasteiger partial charge >= 0.3 is 6.03 Å². The van der Waals surface area contributed by atoms with Gasteiger partial charge in [-0.2, -0.15) is 0 Å². The number of urea groups is 1. The number of amides is 2. The third kappa shape index (κ3) is 8.67. The normalized spacial score (nSPS) is 8.93. The first-order chi connectivity index (χ1) is 6.81. The standard InChI is InChI=1S/C8H17N5O/c1-2-5-10-8(14)11-6-3-4-7-12-13-9/h2-7H2,1H3,(H2,10,11,14). The summed E-state index contributed by atoms with van der Waals surface area (Å²) in [6, 6.07) is -0.129. The second-order valence-electron chi connectivity index (χ2n) is 2.84. The number of hydrogen-bond acceptors (Lipinski definition) is 2. The van der Waals surface area contributed by atoms with Crippen molar-refractivity contribution >= 4 is 6.03 Å². The summed E-state index contributed by atoms with van der Waals surface area (Å²) in [5, 5.41) is 8.80. The van der Waals surface area contributed by atoms with Gasteiger partial charge in [0.2, 0.25) is 0 Å². The van der Waals surface area contributed by atoms with Crippen molar-refractivity contribution in [2.24, 2.45) is 5.11 Å². The van der Waals surface area contributed by atoms with Crippen molar-refractivity contribution in [3.05, 3.63) is 10.4 Å². The van der Waals surface area contributed by atoms with Crippen LogP contribution < -0.4 is 10.6 Å². The molecule has 0 aromatic rings. The maximum atomic E-state index is 11.0. The summed E-state index contributed by atoms with van der Waals surface area (Å²) in [6.45, 7) is 3.82. The maximum absolute atomic E-state index is 11.0. The van der Waals surface area contributed by atoms with E-state index < -0.39 is 0 Å². The summed E-state index contributed by atoms with van der Waals surface area (Å²) >= 11 is 0. The van der Waals surface area contributed by atoms with Crippen molar-refractivity contribution in [3.63, 3.8) is 0 Å². The third-order valence-electron chi connectivity index (χ3n) is 1.57. The van der Waals surface area contributed by atoms with Gasteiger partial charge in [-0.3, -0.25) is 0 Å². The van der Waals surface area contributed by atoms with Crippen molar-refractivity contribution in [1.29, 1.82) is 0 Å². The molecule has 0 unspecified atom stereocenters. The minimum absolute atomic E-state index is 0.129. The Labute approximate surface area is 83.7 Å². The first-order valence-electron chi connectivity index (χ1n) is 4.83. The molecule has 0 spiro atoms. The number of unbranched alkanes of at least 4 members (excludes halogenated alkanes) is 1. The number of hydrogen-bond donors (Lipinski definition) is 2. The molecule has 6 heteroatoms. The summed E-state index contributed by atoms with van der Waals surface area (Å²) in [5.41, 5.74) is 7.99. The highest BCUT2D eigenvalue weighted by atomic mass is 16.2. The van der Waals surface area contributed by atoms with Gasteiger partial charge in [0.1, 0.15) is 0 Å². The van der Waals surface area contributed by atoms with E-state index in [1.54, 1.807) is 0 Å². The largest absolute Gasteiger partial charge is 0.338 e. The molecule has 14 heavy (non-hydrogen) atoms. The van der Waals surface area contributed by atoms with Gasteiger partial charge in [-0.05, 0) is 24.8 Å². The van der Waals surface area contributed by atoms with Gasteiger partial charge in [-0.1, -0.05) is 12.0 Å². The minimum Gasteiger partial charge on any atom is -0.338 e. The highest BCUT2D eigenvalue weighted by Gasteiger charge is 1.95. The molecule has 0 aliphatic heterocycles. The zero-order chi connectivity index (χ0) is 10.6. The lowest BCUT2D eigenvalue weighted by atomic mass is 10.3. The molecule has 0 aliphatic carbocycles. The Balaban J connectivity index is 3.18. The molecule has 0 atom stereocenters. The number of nitrogens with one attached hydrogen (secondary N) is 2. The van der Waals surface area contributed by atoms with Crippen molar-refractivity contribution in [2.75, 3.05) is 19.6 Å². The fourth-order valence-corrected chi connectivity index (χ4v) is 0.855. The van der Waals surface area contributed by atoms with E-state index in [-0.39, 0.29) is 6.03 Å². The Morgan fingerprint density at radius 2 is 2.07 bits per heavy atom. The Bertz CT molecular complexity index is 200. The van der Waals surface area contributed by atoms with E-state index in [9.17, 15) is 4.79 Å². The van der Waals surface area contributed by atoms with Gasteiger partial charge in [0.15, 0.2) is 0 Å². The second kappa shape index (κ2) is 9.67. The maximum Gasteiger partial charge on any atom is 0.314 e. The lowest BCUT2D eigenvalue weighted by Gasteiger charge is -2.05. The van der Waals surface area contributed by atoms with E-state index >= 15 is 0 Å². The summed E-state index contributed by atoms with van der Waals surface area (Å²) in [5.74, 6) is 0. The van der Waals surface area contributed by atoms with Crippen LogP contribution in [-0.4, -0.2) is 25.7 Å². The van der Waals surface area contributed by atoms with Gasteiger partial charge in [-0.15, -0.1) is 0 Å². The van der Waals surface area contributed by atoms with E-state index in [1.807, 2.05) is 6.92 Å². The molecule has 6 nitrogen and oxygen atoms in total. The molecule has 0 heterocycles. The van der Waals surface area contributed by atoms with Crippen LogP contribution in [0.3, 0.4) is 0 Å². The van der Waals surface area contributed by atoms with Crippen LogP contribution in [0, 0.1) is 0 Å². The Morgan fingerprint density at radius 1 is 1.36 bits per heavy atom. The van der Waals surface area contributed by atoms with Crippen molar-refractivity contribution in [1.82, 2.24) is 10.6 Å². The van der Waals surface area contributed by atoms with Crippen LogP contribution in [0.1, 0.15) is 26.2 Å². The van der Waals surface area contributed by atoms with Gasteiger partial charge in [0.05, 0.1) is 0 Å². The molecule has 0 aromatic heterocycles. The molecule has 0 saturated heterocycles. The van der Waals surface area contributed by atoms with Gasteiger partial charge in [0.25, 0.3) is 0 Å². The summed E-state index contributed by atoms with van der Waals surface area (Å²) in [4.78, 5) is 13.6. The van der Waals surface area contributed by atoms with E-state index in [1.165, 1.54) is 0 Å². The van der Waals surface area contributed by atoms with Crippen LogP contribution in [0.2, 0.25) is 0 Å². The van der Waals surface area contributed by atoms with Crippen LogP contribution in [-0.2, 0) is 0 Å². The SMILES string of the molecule is CCCNC(=O)NCCCCN=[N+]=[N-]. The number of carbonyl (C=O) groups excluding carboxylic acids is 1. The average molecular weight is 199 g/mol. The summed E-state index contributed by atoms with van der Waals surface area (Å²) in [6.07, 6.45) is 2.57. The molecule has 0 saturated carbocycles. The molecule has 0 radical (unpaired) electrons. The van der Waals surface area contributed by atoms with Gasteiger partial charge in [-0.25, -0.2) is 4.79 Å². The van der Waals surface area contributed by atoms with E-state index in [2.05, 4.69) is 20.7 Å². The highest BCUT2D eigenvalue weighted by Crippen LogP contribution is 1.87. The Morgan fingerprint density at radius 3 is 2.71 bits per heavy atom. The fourth-order valence-electron chi connectivity index (χ4n) is 0.855. The Hall–Kier alpha value is -1.42. The summed E-state index contributed by atoms with van der Waals surface area (Å²) < 4.78 is 0. The molecular weight excluding hydrogens is 182 g/mol. The van der Waals surface area contributed by atoms with E-state index in [0.29, 0.717) is 19.6 Å². The van der Waals surface area contributed by atoms with Gasteiger partial charge in [0, 0.05) is 24.5 Å². The predicted octanol–water partition coefficient (Wildman–Crippen LogP) is 1.79. The average Bonchev–Trinajstić information content (AvgIpc) is 2.20. The van der Waals surface area contributed by atoms with Crippen LogP contribution in [0.15, 0.2) is 5.11 Å². The lowest BCUT2D eigenvalue weighted by molar-refractivity contribution is 0.240. The number of carbonyl (C=O) groups is 1. The molecule has 2 N–H and O–H groups in total. The van der Waals surface area contributed by atoms with Crippen molar-refractivity contribution in [3.8, 4) is 0 Å². The molecule has 0 rings (SSSR count). The third-order valence-corrected chi connectivity index (χ3v) is 1.57. The smallest absolute Gasteiger partial charge is 0.314 e. The molecule has 0 aromatic carbocycles. The lowest BCUT2D eigenvalue weighted by Crippen LogP contribution is -2.36. The topological polar surface area (TPSA) is 89.9 Å². The first kappa shape index (κ1) is 12.6. The highest BCUT2D eigenvalue weighted by molar-refractivity contribution is 5.73. The fraction of sp³-hybridized carbons (Fsp3) is 0.875. The van der Waals surface area contributed by atoms with Crippen LogP contribution in [0.5, 0.6) is 0 Å². The van der Waals surface area contributed by atoms with E-state index in [4.69, 9.17) is 5.53 Å². The van der Waals surface area contributed by atoms with Crippen molar-refractivity contribution in [2.45, 2.75) is 26.2 Å². The molecule has 80 valence electrons. The van der Waals surface area contributed by atoms with Crippen LogP contribution in [0.4, 0.5) is 4.79 Å². The zero-order valence-electron chi connectivity index (χ0n) is 8.49. The molecule has 0 aliphatic rings. The zero-order valence-corrected chi connectivity index (χ0v) is 8.49. The van der Waals surface area contributed by atoms with Crippen LogP contribution >= 0.6 is 0 Å². The predicted molar refractivity (Wildman–Crippen MR) is 54.9 cm³/mol. The number of rotatable bonds is 7. The van der Waals surface area contributed by atoms with Crippen molar-refractivity contribution < 1.29 is 4.79 Å². The summed E-state index contributed by atoms with van der Waals surface area (Å²) in [7, 11) is 0. The van der Waals surface area contributed by atoms with Gasteiger partial charge < -0.3 is 10.6 Å². The molecular formula is C8H17N5O. The second-order valence-corrected chi connectivity index (χ2v) is 2.84.